The predicted molar refractivity (Wildman–Crippen MR) is 88.8 cm³/mol. The van der Waals surface area contributed by atoms with Crippen LogP contribution in [0.2, 0.25) is 0 Å². The smallest absolute Gasteiger partial charge is 0.138 e. The number of fused-ring (bicyclic) bond motifs is 4. The zero-order chi connectivity index (χ0) is 15.7. The molecule has 1 aromatic rings. The van der Waals surface area contributed by atoms with Gasteiger partial charge >= 0.3 is 0 Å². The first kappa shape index (κ1) is 15.8. The van der Waals surface area contributed by atoms with E-state index in [4.69, 9.17) is 4.52 Å². The first-order valence-corrected chi connectivity index (χ1v) is 8.54. The molecule has 0 aromatic carbocycles. The Balaban J connectivity index is 1.68. The maximum Gasteiger partial charge on any atom is 0.138 e. The Morgan fingerprint density at radius 2 is 2.05 bits per heavy atom. The zero-order valence-electron chi connectivity index (χ0n) is 14.4. The molecule has 0 saturated carbocycles. The minimum atomic E-state index is 0.704. The van der Waals surface area contributed by atoms with Crippen LogP contribution < -0.4 is 0 Å². The van der Waals surface area contributed by atoms with E-state index < -0.39 is 0 Å². The van der Waals surface area contributed by atoms with E-state index in [1.807, 2.05) is 6.92 Å². The van der Waals surface area contributed by atoms with E-state index in [-0.39, 0.29) is 0 Å². The van der Waals surface area contributed by atoms with E-state index in [0.29, 0.717) is 6.04 Å². The summed E-state index contributed by atoms with van der Waals surface area (Å²) < 4.78 is 5.33. The number of aryl methyl sites for hydroxylation is 2. The minimum Gasteiger partial charge on any atom is -0.361 e. The SMILES string of the molecule is CC(C)=CCN1C[C@H]2CC[C@@H]1CN(Cc1c(C)noc1C)C2. The van der Waals surface area contributed by atoms with E-state index in [1.54, 1.807) is 0 Å². The van der Waals surface area contributed by atoms with E-state index in [9.17, 15) is 0 Å². The topological polar surface area (TPSA) is 32.5 Å². The highest BCUT2D eigenvalue weighted by Gasteiger charge is 2.34. The van der Waals surface area contributed by atoms with Crippen LogP contribution in [0.3, 0.4) is 0 Å². The van der Waals surface area contributed by atoms with Gasteiger partial charge in [0.2, 0.25) is 0 Å². The minimum absolute atomic E-state index is 0.704. The fourth-order valence-corrected chi connectivity index (χ4v) is 3.88. The largest absolute Gasteiger partial charge is 0.361 e. The van der Waals surface area contributed by atoms with Gasteiger partial charge in [-0.05, 0) is 46.5 Å². The van der Waals surface area contributed by atoms with Gasteiger partial charge in [-0.15, -0.1) is 0 Å². The summed E-state index contributed by atoms with van der Waals surface area (Å²) >= 11 is 0. The van der Waals surface area contributed by atoms with Crippen LogP contribution in [0.5, 0.6) is 0 Å². The third-order valence-electron chi connectivity index (χ3n) is 5.20. The van der Waals surface area contributed by atoms with Crippen LogP contribution in [0.1, 0.15) is 43.7 Å². The maximum atomic E-state index is 5.33. The number of nitrogens with zero attached hydrogens (tertiary/aromatic N) is 3. The van der Waals surface area contributed by atoms with Crippen molar-refractivity contribution in [3.8, 4) is 0 Å². The molecular weight excluding hydrogens is 274 g/mol. The van der Waals surface area contributed by atoms with Gasteiger partial charge in [0.15, 0.2) is 0 Å². The first-order valence-electron chi connectivity index (χ1n) is 8.54. The maximum absolute atomic E-state index is 5.33. The van der Waals surface area contributed by atoms with Crippen LogP contribution >= 0.6 is 0 Å². The molecule has 3 aliphatic heterocycles. The Morgan fingerprint density at radius 1 is 1.23 bits per heavy atom. The van der Waals surface area contributed by atoms with Gasteiger partial charge < -0.3 is 4.52 Å². The lowest BCUT2D eigenvalue weighted by Crippen LogP contribution is -2.43. The number of hydrogen-bond donors (Lipinski definition) is 0. The molecule has 0 amide bonds. The standard InChI is InChI=1S/C18H29N3O/c1-13(2)7-8-21-10-16-5-6-17(21)11-20(9-16)12-18-14(3)19-22-15(18)4/h7,16-17H,5-6,8-12H2,1-4H3/t16-,17+/m0/s1. The molecule has 1 aromatic heterocycles. The molecule has 122 valence electrons. The van der Waals surface area contributed by atoms with Crippen LogP contribution in [0.25, 0.3) is 0 Å². The molecule has 4 rings (SSSR count). The van der Waals surface area contributed by atoms with Crippen molar-refractivity contribution >= 4 is 0 Å². The van der Waals surface area contributed by atoms with Crippen molar-refractivity contribution < 1.29 is 4.52 Å². The molecule has 0 N–H and O–H groups in total. The summed E-state index contributed by atoms with van der Waals surface area (Å²) in [6.45, 7) is 14.2. The summed E-state index contributed by atoms with van der Waals surface area (Å²) in [4.78, 5) is 5.31. The van der Waals surface area contributed by atoms with Gasteiger partial charge in [-0.2, -0.15) is 0 Å². The van der Waals surface area contributed by atoms with Crippen LogP contribution in [-0.4, -0.2) is 47.2 Å². The monoisotopic (exact) mass is 303 g/mol. The summed E-state index contributed by atoms with van der Waals surface area (Å²) in [5.41, 5.74) is 3.76. The van der Waals surface area contributed by atoms with Crippen LogP contribution in [0, 0.1) is 19.8 Å². The van der Waals surface area contributed by atoms with E-state index in [0.717, 1.165) is 30.5 Å². The second-order valence-electron chi connectivity index (χ2n) is 7.33. The van der Waals surface area contributed by atoms with E-state index in [1.165, 1.54) is 43.6 Å². The lowest BCUT2D eigenvalue weighted by molar-refractivity contribution is 0.146. The normalized spacial score (nSPS) is 26.2. The van der Waals surface area contributed by atoms with Gasteiger partial charge in [-0.3, -0.25) is 9.80 Å². The molecule has 0 radical (unpaired) electrons. The van der Waals surface area contributed by atoms with Gasteiger partial charge in [0.25, 0.3) is 0 Å². The van der Waals surface area contributed by atoms with Gasteiger partial charge in [0.05, 0.1) is 5.69 Å². The molecule has 3 aliphatic rings. The van der Waals surface area contributed by atoms with Crippen molar-refractivity contribution in [2.45, 2.75) is 53.1 Å². The highest BCUT2D eigenvalue weighted by Crippen LogP contribution is 2.29. The number of aromatic nitrogens is 1. The van der Waals surface area contributed by atoms with Gasteiger partial charge in [-0.25, -0.2) is 0 Å². The van der Waals surface area contributed by atoms with Crippen molar-refractivity contribution in [2.75, 3.05) is 26.2 Å². The second-order valence-corrected chi connectivity index (χ2v) is 7.33. The molecule has 4 nitrogen and oxygen atoms in total. The summed E-state index contributed by atoms with van der Waals surface area (Å²) in [6, 6.07) is 0.704. The molecular formula is C18H29N3O. The summed E-state index contributed by atoms with van der Waals surface area (Å²) in [7, 11) is 0. The van der Waals surface area contributed by atoms with Crippen LogP contribution in [0.15, 0.2) is 16.2 Å². The molecule has 4 heteroatoms. The third kappa shape index (κ3) is 3.44. The fourth-order valence-electron chi connectivity index (χ4n) is 3.88. The lowest BCUT2D eigenvalue weighted by atomic mass is 9.95. The van der Waals surface area contributed by atoms with E-state index in [2.05, 4.69) is 41.8 Å². The van der Waals surface area contributed by atoms with Crippen LogP contribution in [-0.2, 0) is 6.54 Å². The molecule has 3 fully saturated rings. The molecule has 0 unspecified atom stereocenters. The Morgan fingerprint density at radius 3 is 2.73 bits per heavy atom. The average molecular weight is 303 g/mol. The molecule has 4 heterocycles. The fraction of sp³-hybridized carbons (Fsp3) is 0.722. The molecule has 3 saturated heterocycles. The Labute approximate surface area is 134 Å². The van der Waals surface area contributed by atoms with Crippen molar-refractivity contribution in [2.24, 2.45) is 5.92 Å². The second kappa shape index (κ2) is 6.55. The number of allylic oxidation sites excluding steroid dienone is 1. The highest BCUT2D eigenvalue weighted by atomic mass is 16.5. The van der Waals surface area contributed by atoms with Crippen molar-refractivity contribution in [1.29, 1.82) is 0 Å². The summed E-state index contributed by atoms with van der Waals surface area (Å²) in [5, 5.41) is 4.10. The first-order chi connectivity index (χ1) is 10.5. The summed E-state index contributed by atoms with van der Waals surface area (Å²) in [5.74, 6) is 1.79. The number of hydrogen-bond acceptors (Lipinski definition) is 4. The highest BCUT2D eigenvalue weighted by molar-refractivity contribution is 5.20. The molecule has 2 atom stereocenters. The van der Waals surface area contributed by atoms with Crippen molar-refractivity contribution in [3.63, 3.8) is 0 Å². The van der Waals surface area contributed by atoms with Crippen molar-refractivity contribution in [1.82, 2.24) is 15.0 Å². The number of piperidine rings is 1. The Hall–Kier alpha value is -1.13. The Bertz CT molecular complexity index is 525. The molecule has 0 aliphatic carbocycles. The molecule has 0 spiro atoms. The molecule has 2 bridgehead atoms. The zero-order valence-corrected chi connectivity index (χ0v) is 14.4. The predicted octanol–water partition coefficient (Wildman–Crippen LogP) is 3.15. The quantitative estimate of drug-likeness (QED) is 0.800. The molecule has 22 heavy (non-hydrogen) atoms. The average Bonchev–Trinajstić information content (AvgIpc) is 2.68. The van der Waals surface area contributed by atoms with Gasteiger partial charge in [-0.1, -0.05) is 16.8 Å². The third-order valence-corrected chi connectivity index (χ3v) is 5.20. The van der Waals surface area contributed by atoms with E-state index >= 15 is 0 Å². The van der Waals surface area contributed by atoms with Crippen molar-refractivity contribution in [3.05, 3.63) is 28.7 Å². The Kier molecular flexibility index (Phi) is 4.69. The number of rotatable bonds is 4. The van der Waals surface area contributed by atoms with Gasteiger partial charge in [0.1, 0.15) is 5.76 Å². The summed E-state index contributed by atoms with van der Waals surface area (Å²) in [6.07, 6.45) is 5.10. The lowest BCUT2D eigenvalue weighted by Gasteiger charge is -2.35. The van der Waals surface area contributed by atoms with Crippen LogP contribution in [0.4, 0.5) is 0 Å². The van der Waals surface area contributed by atoms with Gasteiger partial charge in [0, 0.05) is 44.3 Å².